The van der Waals surface area contributed by atoms with Crippen LogP contribution in [0.15, 0.2) is 30.4 Å². The van der Waals surface area contributed by atoms with Crippen LogP contribution in [0.5, 0.6) is 11.5 Å². The van der Waals surface area contributed by atoms with E-state index in [1.165, 1.54) is 0 Å². The topological polar surface area (TPSA) is 96.2 Å². The highest BCUT2D eigenvalue weighted by atomic mass is 16.5. The zero-order chi connectivity index (χ0) is 20.6. The van der Waals surface area contributed by atoms with Gasteiger partial charge in [-0.05, 0) is 68.6 Å². The lowest BCUT2D eigenvalue weighted by atomic mass is 9.76. The van der Waals surface area contributed by atoms with Gasteiger partial charge in [-0.3, -0.25) is 4.79 Å². The van der Waals surface area contributed by atoms with E-state index in [1.54, 1.807) is 20.3 Å². The summed E-state index contributed by atoms with van der Waals surface area (Å²) in [6.07, 6.45) is 7.92. The van der Waals surface area contributed by atoms with Crippen molar-refractivity contribution in [2.24, 2.45) is 5.92 Å². The first-order chi connectivity index (χ1) is 13.3. The lowest BCUT2D eigenvalue weighted by Gasteiger charge is -2.34. The minimum absolute atomic E-state index is 0.110. The number of rotatable bonds is 10. The Bertz CT molecular complexity index is 671. The normalized spacial score (nSPS) is 23.5. The minimum atomic E-state index is -1.13. The summed E-state index contributed by atoms with van der Waals surface area (Å²) in [6, 6.07) is 5.83. The van der Waals surface area contributed by atoms with Crippen LogP contribution in [-0.2, 0) is 11.2 Å². The van der Waals surface area contributed by atoms with Crippen molar-refractivity contribution in [2.45, 2.75) is 63.1 Å². The number of benzene rings is 1. The maximum atomic E-state index is 10.9. The largest absolute Gasteiger partial charge is 0.493 e. The van der Waals surface area contributed by atoms with Gasteiger partial charge in [-0.15, -0.1) is 0 Å². The third-order valence-corrected chi connectivity index (χ3v) is 5.36. The molecule has 1 aliphatic rings. The highest BCUT2D eigenvalue weighted by Crippen LogP contribution is 2.35. The van der Waals surface area contributed by atoms with Crippen LogP contribution < -0.4 is 9.47 Å². The molecule has 3 N–H and O–H groups in total. The number of aliphatic hydroxyl groups excluding tert-OH is 1. The second-order valence-electron chi connectivity index (χ2n) is 7.69. The standard InChI is InChI=1S/C22H32O6/c1-27-19-11-9-16(13-20(19)28-2)5-3-7-18(23)10-8-17-6-4-12-22(26,14-17)15-21(24)25/h8-11,13,17-18,23,26H,3-7,12,14-15H2,1-2H3,(H,24,25). The van der Waals surface area contributed by atoms with Crippen LogP contribution in [0.25, 0.3) is 0 Å². The van der Waals surface area contributed by atoms with E-state index in [2.05, 4.69) is 0 Å². The SMILES string of the molecule is COc1ccc(CCCC(O)C=CC2CCCC(O)(CC(=O)O)C2)cc1OC. The first kappa shape index (κ1) is 22.2. The molecule has 6 nitrogen and oxygen atoms in total. The van der Waals surface area contributed by atoms with E-state index in [0.29, 0.717) is 30.8 Å². The molecule has 0 radical (unpaired) electrons. The monoisotopic (exact) mass is 392 g/mol. The number of aliphatic hydroxyl groups is 2. The highest BCUT2D eigenvalue weighted by molar-refractivity contribution is 5.68. The predicted molar refractivity (Wildman–Crippen MR) is 107 cm³/mol. The van der Waals surface area contributed by atoms with Gasteiger partial charge in [0.15, 0.2) is 11.5 Å². The number of hydrogen-bond acceptors (Lipinski definition) is 5. The van der Waals surface area contributed by atoms with E-state index in [-0.39, 0.29) is 12.3 Å². The predicted octanol–water partition coefficient (Wildman–Crippen LogP) is 3.34. The van der Waals surface area contributed by atoms with Crippen molar-refractivity contribution < 1.29 is 29.6 Å². The van der Waals surface area contributed by atoms with E-state index in [1.807, 2.05) is 24.3 Å². The molecule has 2 rings (SSSR count). The lowest BCUT2D eigenvalue weighted by molar-refractivity contribution is -0.144. The summed E-state index contributed by atoms with van der Waals surface area (Å²) < 4.78 is 10.5. The van der Waals surface area contributed by atoms with Crippen LogP contribution >= 0.6 is 0 Å². The van der Waals surface area contributed by atoms with Crippen molar-refractivity contribution in [2.75, 3.05) is 14.2 Å². The van der Waals surface area contributed by atoms with Crippen LogP contribution in [0.4, 0.5) is 0 Å². The van der Waals surface area contributed by atoms with Crippen LogP contribution in [0.2, 0.25) is 0 Å². The average Bonchev–Trinajstić information content (AvgIpc) is 2.65. The van der Waals surface area contributed by atoms with Gasteiger partial charge < -0.3 is 24.8 Å². The first-order valence-corrected chi connectivity index (χ1v) is 9.86. The number of aliphatic carboxylic acids is 1. The van der Waals surface area contributed by atoms with Crippen molar-refractivity contribution in [3.63, 3.8) is 0 Å². The molecule has 0 amide bonds. The van der Waals surface area contributed by atoms with Crippen molar-refractivity contribution in [1.82, 2.24) is 0 Å². The molecule has 0 aliphatic heterocycles. The quantitative estimate of drug-likeness (QED) is 0.529. The Balaban J connectivity index is 1.79. The Morgan fingerprint density at radius 3 is 2.75 bits per heavy atom. The Labute approximate surface area is 166 Å². The molecule has 1 aliphatic carbocycles. The zero-order valence-electron chi connectivity index (χ0n) is 16.8. The van der Waals surface area contributed by atoms with Crippen molar-refractivity contribution >= 4 is 5.97 Å². The fraction of sp³-hybridized carbons (Fsp3) is 0.591. The number of carboxylic acid groups (broad SMARTS) is 1. The van der Waals surface area contributed by atoms with Crippen molar-refractivity contribution in [1.29, 1.82) is 0 Å². The molecule has 1 fully saturated rings. The fourth-order valence-electron chi connectivity index (χ4n) is 3.92. The van der Waals surface area contributed by atoms with Crippen molar-refractivity contribution in [3.05, 3.63) is 35.9 Å². The van der Waals surface area contributed by atoms with Gasteiger partial charge in [0.2, 0.25) is 0 Å². The van der Waals surface area contributed by atoms with Gasteiger partial charge >= 0.3 is 5.97 Å². The molecule has 28 heavy (non-hydrogen) atoms. The third-order valence-electron chi connectivity index (χ3n) is 5.36. The van der Waals surface area contributed by atoms with Crippen LogP contribution in [0, 0.1) is 5.92 Å². The number of allylic oxidation sites excluding steroid dienone is 1. The molecule has 3 atom stereocenters. The molecule has 0 bridgehead atoms. The molecule has 0 spiro atoms. The number of ether oxygens (including phenoxy) is 2. The molecule has 0 heterocycles. The van der Waals surface area contributed by atoms with Gasteiger partial charge in [0.1, 0.15) is 0 Å². The molecule has 0 saturated heterocycles. The van der Waals surface area contributed by atoms with E-state index in [0.717, 1.165) is 31.2 Å². The summed E-state index contributed by atoms with van der Waals surface area (Å²) in [4.78, 5) is 10.9. The average molecular weight is 392 g/mol. The van der Waals surface area contributed by atoms with E-state index in [9.17, 15) is 15.0 Å². The summed E-state index contributed by atoms with van der Waals surface area (Å²) in [5.74, 6) is 0.539. The Morgan fingerprint density at radius 1 is 1.32 bits per heavy atom. The number of carbonyl (C=O) groups is 1. The van der Waals surface area contributed by atoms with Gasteiger partial charge in [-0.25, -0.2) is 0 Å². The number of methoxy groups -OCH3 is 2. The van der Waals surface area contributed by atoms with Crippen LogP contribution in [-0.4, -0.2) is 47.2 Å². The van der Waals surface area contributed by atoms with E-state index < -0.39 is 17.7 Å². The Hall–Kier alpha value is -2.05. The summed E-state index contributed by atoms with van der Waals surface area (Å²) >= 11 is 0. The van der Waals surface area contributed by atoms with Crippen LogP contribution in [0.3, 0.4) is 0 Å². The first-order valence-electron chi connectivity index (χ1n) is 9.86. The van der Waals surface area contributed by atoms with Crippen LogP contribution in [0.1, 0.15) is 50.5 Å². The Kier molecular flexibility index (Phi) is 8.33. The fourth-order valence-corrected chi connectivity index (χ4v) is 3.92. The third kappa shape index (κ3) is 6.84. The van der Waals surface area contributed by atoms with Crippen molar-refractivity contribution in [3.8, 4) is 11.5 Å². The van der Waals surface area contributed by atoms with E-state index >= 15 is 0 Å². The maximum absolute atomic E-state index is 10.9. The zero-order valence-corrected chi connectivity index (χ0v) is 16.8. The van der Waals surface area contributed by atoms with Gasteiger partial charge in [0.25, 0.3) is 0 Å². The highest BCUT2D eigenvalue weighted by Gasteiger charge is 2.35. The molecular weight excluding hydrogens is 360 g/mol. The summed E-state index contributed by atoms with van der Waals surface area (Å²) in [6.45, 7) is 0. The maximum Gasteiger partial charge on any atom is 0.306 e. The molecule has 0 aromatic heterocycles. The van der Waals surface area contributed by atoms with E-state index in [4.69, 9.17) is 14.6 Å². The second-order valence-corrected chi connectivity index (χ2v) is 7.69. The Morgan fingerprint density at radius 2 is 2.07 bits per heavy atom. The van der Waals surface area contributed by atoms with Gasteiger partial charge in [-0.2, -0.15) is 0 Å². The molecule has 6 heteroatoms. The molecule has 1 aromatic rings. The lowest BCUT2D eigenvalue weighted by Crippen LogP contribution is -2.37. The number of hydrogen-bond donors (Lipinski definition) is 3. The number of carboxylic acids is 1. The molecule has 1 saturated carbocycles. The second kappa shape index (κ2) is 10.5. The molecule has 3 unspecified atom stereocenters. The van der Waals surface area contributed by atoms with Gasteiger partial charge in [-0.1, -0.05) is 18.2 Å². The summed E-state index contributed by atoms with van der Waals surface area (Å²) in [5, 5.41) is 29.6. The smallest absolute Gasteiger partial charge is 0.306 e. The molecule has 1 aromatic carbocycles. The molecular formula is C22H32O6. The summed E-state index contributed by atoms with van der Waals surface area (Å²) in [5.41, 5.74) is -0.00266. The number of aryl methyl sites for hydroxylation is 1. The van der Waals surface area contributed by atoms with Gasteiger partial charge in [0.05, 0.1) is 32.3 Å². The molecule has 156 valence electrons. The minimum Gasteiger partial charge on any atom is -0.493 e. The summed E-state index contributed by atoms with van der Waals surface area (Å²) in [7, 11) is 3.22. The van der Waals surface area contributed by atoms with Gasteiger partial charge in [0, 0.05) is 0 Å².